The fourth-order valence-corrected chi connectivity index (χ4v) is 3.55. The number of nitrogens with one attached hydrogen (secondary N) is 2. The van der Waals surface area contributed by atoms with Gasteiger partial charge in [0.05, 0.1) is 30.2 Å². The SMILES string of the molecule is N#Cc1ccc2c(c1)CNC(Cc1ccccc1)CN2Cc1c[nH]cn1. The van der Waals surface area contributed by atoms with E-state index in [0.717, 1.165) is 37.3 Å². The van der Waals surface area contributed by atoms with Crippen LogP contribution in [0.1, 0.15) is 22.4 Å². The second-order valence-electron chi connectivity index (χ2n) is 6.66. The van der Waals surface area contributed by atoms with Crippen LogP contribution in [-0.4, -0.2) is 22.6 Å². The van der Waals surface area contributed by atoms with Gasteiger partial charge in [-0.15, -0.1) is 0 Å². The Morgan fingerprint density at radius 1 is 1.19 bits per heavy atom. The summed E-state index contributed by atoms with van der Waals surface area (Å²) < 4.78 is 0. The van der Waals surface area contributed by atoms with Gasteiger partial charge in [0.25, 0.3) is 0 Å². The Hall–Kier alpha value is -3.10. The first-order chi connectivity index (χ1) is 12.8. The quantitative estimate of drug-likeness (QED) is 0.764. The minimum atomic E-state index is 0.328. The van der Waals surface area contributed by atoms with Crippen LogP contribution in [0.15, 0.2) is 61.1 Å². The molecule has 0 amide bonds. The molecular formula is C21H21N5. The molecule has 2 heterocycles. The van der Waals surface area contributed by atoms with E-state index < -0.39 is 0 Å². The highest BCUT2D eigenvalue weighted by Gasteiger charge is 2.22. The van der Waals surface area contributed by atoms with Crippen LogP contribution in [0, 0.1) is 11.3 Å². The number of fused-ring (bicyclic) bond motifs is 1. The molecule has 1 aliphatic rings. The largest absolute Gasteiger partial charge is 0.364 e. The average Bonchev–Trinajstić information content (AvgIpc) is 3.13. The van der Waals surface area contributed by atoms with Crippen molar-refractivity contribution < 1.29 is 0 Å². The lowest BCUT2D eigenvalue weighted by Gasteiger charge is -2.27. The third kappa shape index (κ3) is 3.61. The van der Waals surface area contributed by atoms with Gasteiger partial charge >= 0.3 is 0 Å². The lowest BCUT2D eigenvalue weighted by atomic mass is 10.1. The van der Waals surface area contributed by atoms with E-state index in [1.54, 1.807) is 6.33 Å². The van der Waals surface area contributed by atoms with Crippen LogP contribution in [0.25, 0.3) is 0 Å². The lowest BCUT2D eigenvalue weighted by Crippen LogP contribution is -2.39. The zero-order valence-electron chi connectivity index (χ0n) is 14.5. The predicted octanol–water partition coefficient (Wildman–Crippen LogP) is 3.00. The highest BCUT2D eigenvalue weighted by molar-refractivity contribution is 5.57. The number of anilines is 1. The van der Waals surface area contributed by atoms with E-state index in [1.165, 1.54) is 11.3 Å². The molecule has 0 radical (unpaired) electrons. The molecule has 5 nitrogen and oxygen atoms in total. The van der Waals surface area contributed by atoms with Gasteiger partial charge in [0.2, 0.25) is 0 Å². The number of hydrogen-bond acceptors (Lipinski definition) is 4. The number of nitriles is 1. The zero-order valence-corrected chi connectivity index (χ0v) is 14.5. The minimum absolute atomic E-state index is 0.328. The van der Waals surface area contributed by atoms with Crippen LogP contribution in [0.3, 0.4) is 0 Å². The Kier molecular flexibility index (Phi) is 4.67. The predicted molar refractivity (Wildman–Crippen MR) is 102 cm³/mol. The molecule has 26 heavy (non-hydrogen) atoms. The van der Waals surface area contributed by atoms with Gasteiger partial charge in [-0.1, -0.05) is 30.3 Å². The van der Waals surface area contributed by atoms with Crippen LogP contribution in [0.2, 0.25) is 0 Å². The van der Waals surface area contributed by atoms with E-state index in [9.17, 15) is 5.26 Å². The van der Waals surface area contributed by atoms with Crippen LogP contribution in [-0.2, 0) is 19.5 Å². The Labute approximate surface area is 153 Å². The third-order valence-corrected chi connectivity index (χ3v) is 4.80. The van der Waals surface area contributed by atoms with E-state index >= 15 is 0 Å². The molecule has 0 bridgehead atoms. The first-order valence-corrected chi connectivity index (χ1v) is 8.85. The summed E-state index contributed by atoms with van der Waals surface area (Å²) in [5, 5.41) is 12.9. The second-order valence-corrected chi connectivity index (χ2v) is 6.66. The summed E-state index contributed by atoms with van der Waals surface area (Å²) >= 11 is 0. The fraction of sp³-hybridized carbons (Fsp3) is 0.238. The summed E-state index contributed by atoms with van der Waals surface area (Å²) in [5.74, 6) is 0. The molecule has 1 aliphatic heterocycles. The van der Waals surface area contributed by atoms with Gasteiger partial charge in [0.15, 0.2) is 0 Å². The maximum absolute atomic E-state index is 9.23. The monoisotopic (exact) mass is 343 g/mol. The second kappa shape index (κ2) is 7.42. The lowest BCUT2D eigenvalue weighted by molar-refractivity contribution is 0.511. The summed E-state index contributed by atoms with van der Waals surface area (Å²) in [6.45, 7) is 2.40. The van der Waals surface area contributed by atoms with E-state index in [0.29, 0.717) is 11.6 Å². The standard InChI is InChI=1S/C21H21N5/c22-10-17-6-7-21-18(8-17)11-24-19(9-16-4-2-1-3-5-16)13-26(21)14-20-12-23-15-25-20/h1-8,12,15,19,24H,9,11,13-14H2,(H,23,25). The number of aromatic nitrogens is 2. The molecule has 0 saturated carbocycles. The number of benzene rings is 2. The van der Waals surface area contributed by atoms with Crippen molar-refractivity contribution in [2.24, 2.45) is 0 Å². The van der Waals surface area contributed by atoms with E-state index in [2.05, 4.69) is 56.6 Å². The van der Waals surface area contributed by atoms with E-state index in [1.807, 2.05) is 24.4 Å². The van der Waals surface area contributed by atoms with Crippen molar-refractivity contribution in [2.45, 2.75) is 25.6 Å². The number of hydrogen-bond donors (Lipinski definition) is 2. The molecule has 0 fully saturated rings. The average molecular weight is 343 g/mol. The zero-order chi connectivity index (χ0) is 17.8. The van der Waals surface area contributed by atoms with Gasteiger partial charge in [-0.25, -0.2) is 4.98 Å². The van der Waals surface area contributed by atoms with Crippen LogP contribution < -0.4 is 10.2 Å². The van der Waals surface area contributed by atoms with Crippen molar-refractivity contribution in [2.75, 3.05) is 11.4 Å². The molecule has 4 rings (SSSR count). The summed E-state index contributed by atoms with van der Waals surface area (Å²) in [6.07, 6.45) is 4.62. The fourth-order valence-electron chi connectivity index (χ4n) is 3.55. The van der Waals surface area contributed by atoms with Crippen molar-refractivity contribution in [3.8, 4) is 6.07 Å². The summed E-state index contributed by atoms with van der Waals surface area (Å²) in [5.41, 5.74) is 5.38. The molecule has 0 aliphatic carbocycles. The van der Waals surface area contributed by atoms with Gasteiger partial charge in [0.1, 0.15) is 0 Å². The highest BCUT2D eigenvalue weighted by atomic mass is 15.2. The first kappa shape index (κ1) is 16.4. The van der Waals surface area contributed by atoms with Crippen LogP contribution in [0.4, 0.5) is 5.69 Å². The smallest absolute Gasteiger partial charge is 0.0991 e. The molecule has 3 aromatic rings. The van der Waals surface area contributed by atoms with Crippen molar-refractivity contribution in [3.05, 3.63) is 83.4 Å². The molecule has 130 valence electrons. The number of H-pyrrole nitrogens is 1. The maximum atomic E-state index is 9.23. The van der Waals surface area contributed by atoms with Crippen LogP contribution in [0.5, 0.6) is 0 Å². The summed E-state index contributed by atoms with van der Waals surface area (Å²) in [4.78, 5) is 9.78. The van der Waals surface area contributed by atoms with Crippen molar-refractivity contribution in [3.63, 3.8) is 0 Å². The molecule has 1 unspecified atom stereocenters. The molecule has 1 atom stereocenters. The van der Waals surface area contributed by atoms with Gasteiger partial charge in [-0.2, -0.15) is 5.26 Å². The maximum Gasteiger partial charge on any atom is 0.0991 e. The number of nitrogens with zero attached hydrogens (tertiary/aromatic N) is 3. The number of rotatable bonds is 4. The molecule has 5 heteroatoms. The molecule has 2 N–H and O–H groups in total. The Morgan fingerprint density at radius 3 is 2.85 bits per heavy atom. The Balaban J connectivity index is 1.62. The topological polar surface area (TPSA) is 67.7 Å². The van der Waals surface area contributed by atoms with Gasteiger partial charge in [-0.05, 0) is 35.7 Å². The Morgan fingerprint density at radius 2 is 2.08 bits per heavy atom. The minimum Gasteiger partial charge on any atom is -0.364 e. The normalized spacial score (nSPS) is 16.6. The number of aromatic amines is 1. The first-order valence-electron chi connectivity index (χ1n) is 8.85. The highest BCUT2D eigenvalue weighted by Crippen LogP contribution is 2.27. The summed E-state index contributed by atoms with van der Waals surface area (Å²) in [7, 11) is 0. The van der Waals surface area contributed by atoms with Crippen LogP contribution >= 0.6 is 0 Å². The number of imidazole rings is 1. The van der Waals surface area contributed by atoms with E-state index in [4.69, 9.17) is 0 Å². The van der Waals surface area contributed by atoms with Gasteiger partial charge < -0.3 is 15.2 Å². The third-order valence-electron chi connectivity index (χ3n) is 4.80. The van der Waals surface area contributed by atoms with Gasteiger partial charge in [0, 0.05) is 31.0 Å². The van der Waals surface area contributed by atoms with E-state index in [-0.39, 0.29) is 0 Å². The molecule has 2 aromatic carbocycles. The van der Waals surface area contributed by atoms with Crippen molar-refractivity contribution in [1.82, 2.24) is 15.3 Å². The molecular weight excluding hydrogens is 322 g/mol. The van der Waals surface area contributed by atoms with Crippen molar-refractivity contribution >= 4 is 5.69 Å². The van der Waals surface area contributed by atoms with Gasteiger partial charge in [-0.3, -0.25) is 0 Å². The molecule has 1 aromatic heterocycles. The summed E-state index contributed by atoms with van der Waals surface area (Å²) in [6, 6.07) is 19.1. The molecule has 0 spiro atoms. The van der Waals surface area contributed by atoms with Crippen molar-refractivity contribution in [1.29, 1.82) is 5.26 Å². The Bertz CT molecular complexity index is 896. The molecule has 0 saturated heterocycles.